The van der Waals surface area contributed by atoms with Crippen molar-refractivity contribution < 1.29 is 4.74 Å². The Balaban J connectivity index is 1.21. The summed E-state index contributed by atoms with van der Waals surface area (Å²) >= 11 is 0. The van der Waals surface area contributed by atoms with Crippen molar-refractivity contribution in [2.45, 2.75) is 13.8 Å². The first kappa shape index (κ1) is 27.5. The average Bonchev–Trinajstić information content (AvgIpc) is 3.71. The topological polar surface area (TPSA) is 69.6 Å². The third-order valence-electron chi connectivity index (χ3n) is 9.58. The van der Waals surface area contributed by atoms with Gasteiger partial charge in [-0.05, 0) is 74.5 Å². The Morgan fingerprint density at radius 3 is 1.67 bits per heavy atom. The smallest absolute Gasteiger partial charge is 0.146 e. The van der Waals surface area contributed by atoms with Gasteiger partial charge < -0.3 is 4.74 Å². The van der Waals surface area contributed by atoms with Crippen LogP contribution in [0.5, 0.6) is 11.5 Å². The van der Waals surface area contributed by atoms with E-state index >= 15 is 0 Å². The largest absolute Gasteiger partial charge is 0.457 e. The van der Waals surface area contributed by atoms with E-state index in [2.05, 4.69) is 101 Å². The Kier molecular flexibility index (Phi) is 5.87. The van der Waals surface area contributed by atoms with Gasteiger partial charge in [-0.3, -0.25) is 18.8 Å². The molecule has 6 aromatic heterocycles. The molecule has 0 aliphatic heterocycles. The van der Waals surface area contributed by atoms with Crippen LogP contribution in [-0.2, 0) is 0 Å². The summed E-state index contributed by atoms with van der Waals surface area (Å²) in [5.41, 5.74) is 11.8. The summed E-state index contributed by atoms with van der Waals surface area (Å²) in [7, 11) is 0. The van der Waals surface area contributed by atoms with Crippen molar-refractivity contribution in [1.82, 2.24) is 28.7 Å². The molecule has 7 heteroatoms. The predicted octanol–water partition coefficient (Wildman–Crippen LogP) is 10.1. The Morgan fingerprint density at radius 2 is 1.06 bits per heavy atom. The number of aryl methyl sites for hydroxylation is 2. The minimum absolute atomic E-state index is 0.709. The van der Waals surface area contributed by atoms with Gasteiger partial charge in [0.1, 0.15) is 22.8 Å². The van der Waals surface area contributed by atoms with E-state index < -0.39 is 0 Å². The highest BCUT2D eigenvalue weighted by atomic mass is 16.5. The minimum Gasteiger partial charge on any atom is -0.457 e. The molecule has 0 bridgehead atoms. The molecule has 0 spiro atoms. The first-order chi connectivity index (χ1) is 24.1. The molecule has 7 nitrogen and oxygen atoms in total. The summed E-state index contributed by atoms with van der Waals surface area (Å²) < 4.78 is 11.1. The lowest BCUT2D eigenvalue weighted by molar-refractivity contribution is 0.484. The lowest BCUT2D eigenvalue weighted by Crippen LogP contribution is -1.96. The summed E-state index contributed by atoms with van der Waals surface area (Å²) in [5.74, 6) is 1.43. The van der Waals surface area contributed by atoms with Crippen molar-refractivity contribution in [2.75, 3.05) is 0 Å². The molecule has 0 saturated heterocycles. The van der Waals surface area contributed by atoms with Gasteiger partial charge in [0.25, 0.3) is 0 Å². The van der Waals surface area contributed by atoms with Crippen LogP contribution in [0.3, 0.4) is 0 Å². The summed E-state index contributed by atoms with van der Waals surface area (Å²) in [6, 6.07) is 41.4. The standard InChI is InChI=1S/C42H28N6O/c1-25-26(2)47-35-15-9-21-43-38(35)31-19-17-29(23-33(31)41(47)45-25)49-30-18-20-32-34(24-30)42-46-37(27-11-5-3-6-12-27)40(28-13-7-4-8-14-28)48(42)36-16-10-22-44-39(32)36/h3-24H,1-2H3. The Morgan fingerprint density at radius 1 is 0.510 bits per heavy atom. The Labute approximate surface area is 280 Å². The first-order valence-corrected chi connectivity index (χ1v) is 16.3. The second-order valence-electron chi connectivity index (χ2n) is 12.4. The van der Waals surface area contributed by atoms with E-state index in [4.69, 9.17) is 24.7 Å². The fraction of sp³-hybridized carbons (Fsp3) is 0.0476. The van der Waals surface area contributed by atoms with Crippen LogP contribution in [0.1, 0.15) is 11.4 Å². The Bertz CT molecular complexity index is 2930. The van der Waals surface area contributed by atoms with Gasteiger partial charge in [0, 0.05) is 50.8 Å². The van der Waals surface area contributed by atoms with Gasteiger partial charge in [0.05, 0.1) is 39.1 Å². The van der Waals surface area contributed by atoms with Crippen LogP contribution in [-0.4, -0.2) is 28.7 Å². The normalized spacial score (nSPS) is 11.9. The van der Waals surface area contributed by atoms with Crippen molar-refractivity contribution in [2.24, 2.45) is 0 Å². The quantitative estimate of drug-likeness (QED) is 0.181. The zero-order valence-corrected chi connectivity index (χ0v) is 26.8. The molecule has 232 valence electrons. The second-order valence-corrected chi connectivity index (χ2v) is 12.4. The van der Waals surface area contributed by atoms with Gasteiger partial charge in [-0.2, -0.15) is 0 Å². The summed E-state index contributed by atoms with van der Waals surface area (Å²) in [6.07, 6.45) is 3.69. The van der Waals surface area contributed by atoms with E-state index in [0.29, 0.717) is 5.75 Å². The molecular formula is C42H28N6O. The summed E-state index contributed by atoms with van der Waals surface area (Å²) in [4.78, 5) is 20.0. The van der Waals surface area contributed by atoms with Gasteiger partial charge >= 0.3 is 0 Å². The number of benzene rings is 4. The van der Waals surface area contributed by atoms with Crippen molar-refractivity contribution >= 4 is 54.9 Å². The van der Waals surface area contributed by atoms with Crippen molar-refractivity contribution in [3.05, 3.63) is 145 Å². The first-order valence-electron chi connectivity index (χ1n) is 16.3. The maximum atomic E-state index is 6.65. The molecule has 49 heavy (non-hydrogen) atoms. The highest BCUT2D eigenvalue weighted by molar-refractivity contribution is 6.12. The van der Waals surface area contributed by atoms with Crippen LogP contribution in [0.4, 0.5) is 0 Å². The lowest BCUT2D eigenvalue weighted by Gasteiger charge is -2.13. The molecule has 0 aliphatic rings. The number of ether oxygens (including phenoxy) is 1. The summed E-state index contributed by atoms with van der Waals surface area (Å²) in [6.45, 7) is 4.15. The molecule has 0 atom stereocenters. The van der Waals surface area contributed by atoms with E-state index in [1.54, 1.807) is 0 Å². The number of fused-ring (bicyclic) bond motifs is 12. The highest BCUT2D eigenvalue weighted by Crippen LogP contribution is 2.40. The van der Waals surface area contributed by atoms with E-state index in [1.165, 1.54) is 0 Å². The van der Waals surface area contributed by atoms with E-state index in [9.17, 15) is 0 Å². The third kappa shape index (κ3) is 4.09. The van der Waals surface area contributed by atoms with Crippen LogP contribution in [0.25, 0.3) is 77.4 Å². The zero-order valence-electron chi connectivity index (χ0n) is 26.8. The number of nitrogens with zero attached hydrogens (tertiary/aromatic N) is 6. The number of imidazole rings is 2. The summed E-state index contributed by atoms with van der Waals surface area (Å²) in [5, 5.41) is 4.01. The van der Waals surface area contributed by atoms with E-state index in [0.717, 1.165) is 94.6 Å². The second kappa shape index (κ2) is 10.5. The predicted molar refractivity (Wildman–Crippen MR) is 196 cm³/mol. The third-order valence-corrected chi connectivity index (χ3v) is 9.58. The lowest BCUT2D eigenvalue weighted by atomic mass is 10.0. The van der Waals surface area contributed by atoms with Crippen molar-refractivity contribution in [1.29, 1.82) is 0 Å². The van der Waals surface area contributed by atoms with Gasteiger partial charge in [-0.15, -0.1) is 0 Å². The maximum Gasteiger partial charge on any atom is 0.146 e. The van der Waals surface area contributed by atoms with Gasteiger partial charge in [0.2, 0.25) is 0 Å². The number of hydrogen-bond acceptors (Lipinski definition) is 5. The van der Waals surface area contributed by atoms with Gasteiger partial charge in [-0.25, -0.2) is 9.97 Å². The van der Waals surface area contributed by atoms with E-state index in [1.807, 2.05) is 55.7 Å². The molecule has 0 fully saturated rings. The molecule has 0 unspecified atom stereocenters. The maximum absolute atomic E-state index is 6.65. The van der Waals surface area contributed by atoms with Crippen molar-refractivity contribution in [3.63, 3.8) is 0 Å². The fourth-order valence-electron chi connectivity index (χ4n) is 7.24. The molecule has 0 amide bonds. The molecular weight excluding hydrogens is 605 g/mol. The van der Waals surface area contributed by atoms with Crippen LogP contribution in [0.15, 0.2) is 134 Å². The molecule has 10 rings (SSSR count). The molecule has 10 aromatic rings. The molecule has 0 saturated carbocycles. The zero-order chi connectivity index (χ0) is 32.6. The van der Waals surface area contributed by atoms with Gasteiger partial charge in [-0.1, -0.05) is 60.7 Å². The molecule has 0 aliphatic carbocycles. The number of aromatic nitrogens is 6. The van der Waals surface area contributed by atoms with Crippen LogP contribution in [0.2, 0.25) is 0 Å². The molecule has 6 heterocycles. The molecule has 4 aromatic carbocycles. The minimum atomic E-state index is 0.709. The average molecular weight is 633 g/mol. The van der Waals surface area contributed by atoms with E-state index in [-0.39, 0.29) is 0 Å². The van der Waals surface area contributed by atoms with Crippen LogP contribution in [0, 0.1) is 13.8 Å². The van der Waals surface area contributed by atoms with Crippen LogP contribution < -0.4 is 4.74 Å². The number of pyridine rings is 4. The highest BCUT2D eigenvalue weighted by Gasteiger charge is 2.22. The monoisotopic (exact) mass is 632 g/mol. The fourth-order valence-corrected chi connectivity index (χ4v) is 7.24. The number of hydrogen-bond donors (Lipinski definition) is 0. The molecule has 0 N–H and O–H groups in total. The number of rotatable bonds is 4. The van der Waals surface area contributed by atoms with Crippen LogP contribution >= 0.6 is 0 Å². The van der Waals surface area contributed by atoms with Gasteiger partial charge in [0.15, 0.2) is 0 Å². The molecule has 0 radical (unpaired) electrons. The van der Waals surface area contributed by atoms with Crippen molar-refractivity contribution in [3.8, 4) is 34.0 Å². The Hall–Kier alpha value is -6.60. The SMILES string of the molecule is Cc1nc2c3cc(Oc4ccc5c(c4)c4nc(-c6ccccc6)c(-c6ccccc6)n4c4cccnc54)ccc3c3ncccc3n2c1C.